The van der Waals surface area contributed by atoms with Crippen molar-refractivity contribution in [2.45, 2.75) is 6.92 Å². The van der Waals surface area contributed by atoms with E-state index in [0.717, 1.165) is 9.26 Å². The van der Waals surface area contributed by atoms with Gasteiger partial charge in [-0.25, -0.2) is 9.97 Å². The van der Waals surface area contributed by atoms with Crippen LogP contribution in [0, 0.1) is 10.5 Å². The summed E-state index contributed by atoms with van der Waals surface area (Å²) in [7, 11) is 3.08. The number of ether oxygens (including phenoxy) is 2. The van der Waals surface area contributed by atoms with Gasteiger partial charge < -0.3 is 15.2 Å². The van der Waals surface area contributed by atoms with Crippen LogP contribution >= 0.6 is 34.2 Å². The van der Waals surface area contributed by atoms with Crippen molar-refractivity contribution in [2.75, 3.05) is 20.0 Å². The Bertz CT molecular complexity index is 641. The highest BCUT2D eigenvalue weighted by atomic mass is 127. The van der Waals surface area contributed by atoms with Crippen molar-refractivity contribution < 1.29 is 9.47 Å². The molecule has 7 heteroatoms. The molecule has 0 bridgehead atoms. The van der Waals surface area contributed by atoms with Crippen LogP contribution in [-0.4, -0.2) is 24.2 Å². The Morgan fingerprint density at radius 1 is 1.20 bits per heavy atom. The van der Waals surface area contributed by atoms with Crippen molar-refractivity contribution >= 4 is 40.0 Å². The van der Waals surface area contributed by atoms with Crippen molar-refractivity contribution in [1.29, 1.82) is 0 Å². The van der Waals surface area contributed by atoms with Crippen molar-refractivity contribution in [2.24, 2.45) is 0 Å². The van der Waals surface area contributed by atoms with E-state index in [9.17, 15) is 0 Å². The average molecular weight is 406 g/mol. The second kappa shape index (κ2) is 6.01. The Morgan fingerprint density at radius 2 is 1.90 bits per heavy atom. The van der Waals surface area contributed by atoms with Crippen LogP contribution in [0.25, 0.3) is 11.4 Å². The molecular weight excluding hydrogens is 393 g/mol. The lowest BCUT2D eigenvalue weighted by Gasteiger charge is -2.13. The molecule has 1 heterocycles. The summed E-state index contributed by atoms with van der Waals surface area (Å²) >= 11 is 8.46. The van der Waals surface area contributed by atoms with Gasteiger partial charge in [0.15, 0.2) is 17.3 Å². The first-order chi connectivity index (χ1) is 9.49. The third-order valence-electron chi connectivity index (χ3n) is 2.77. The van der Waals surface area contributed by atoms with E-state index >= 15 is 0 Å². The molecule has 0 spiro atoms. The lowest BCUT2D eigenvalue weighted by molar-refractivity contribution is 0.355. The number of aromatic nitrogens is 2. The quantitative estimate of drug-likeness (QED) is 0.794. The van der Waals surface area contributed by atoms with Gasteiger partial charge in [-0.3, -0.25) is 0 Å². The predicted molar refractivity (Wildman–Crippen MR) is 87.4 cm³/mol. The van der Waals surface area contributed by atoms with Gasteiger partial charge in [0.2, 0.25) is 0 Å². The molecule has 0 aliphatic carbocycles. The van der Waals surface area contributed by atoms with Crippen molar-refractivity contribution in [3.8, 4) is 22.9 Å². The molecule has 0 radical (unpaired) electrons. The van der Waals surface area contributed by atoms with Crippen molar-refractivity contribution in [3.05, 3.63) is 26.4 Å². The lowest BCUT2D eigenvalue weighted by Crippen LogP contribution is -2.03. The number of nitrogens with two attached hydrogens (primary N) is 1. The number of hydrogen-bond donors (Lipinski definition) is 1. The molecule has 0 aliphatic rings. The van der Waals surface area contributed by atoms with E-state index in [4.69, 9.17) is 26.8 Å². The fourth-order valence-electron chi connectivity index (χ4n) is 1.76. The molecule has 106 valence electrons. The van der Waals surface area contributed by atoms with Gasteiger partial charge in [-0.1, -0.05) is 11.6 Å². The van der Waals surface area contributed by atoms with Gasteiger partial charge in [-0.2, -0.15) is 0 Å². The number of hydrogen-bond acceptors (Lipinski definition) is 5. The highest BCUT2D eigenvalue weighted by molar-refractivity contribution is 14.1. The monoisotopic (exact) mass is 405 g/mol. The first-order valence-electron chi connectivity index (χ1n) is 5.70. The van der Waals surface area contributed by atoms with Gasteiger partial charge in [-0.05, 0) is 41.6 Å². The average Bonchev–Trinajstić information content (AvgIpc) is 2.43. The highest BCUT2D eigenvalue weighted by Gasteiger charge is 2.17. The summed E-state index contributed by atoms with van der Waals surface area (Å²) in [6.45, 7) is 1.87. The fraction of sp³-hybridized carbons (Fsp3) is 0.231. The van der Waals surface area contributed by atoms with E-state index in [0.29, 0.717) is 33.7 Å². The molecule has 2 aromatic rings. The van der Waals surface area contributed by atoms with Gasteiger partial charge in [0, 0.05) is 5.56 Å². The number of benzene rings is 1. The highest BCUT2D eigenvalue weighted by Crippen LogP contribution is 2.41. The van der Waals surface area contributed by atoms with Crippen molar-refractivity contribution in [1.82, 2.24) is 9.97 Å². The predicted octanol–water partition coefficient (Wildman–Crippen LogP) is 3.31. The zero-order chi connectivity index (χ0) is 14.9. The number of halogens is 2. The number of methoxy groups -OCH3 is 2. The molecule has 0 fully saturated rings. The molecule has 20 heavy (non-hydrogen) atoms. The summed E-state index contributed by atoms with van der Waals surface area (Å²) in [6, 6.07) is 3.54. The maximum atomic E-state index is 6.34. The molecule has 0 aliphatic heterocycles. The van der Waals surface area contributed by atoms with Gasteiger partial charge in [0.1, 0.15) is 5.82 Å². The Balaban J connectivity index is 2.65. The third kappa shape index (κ3) is 2.62. The smallest absolute Gasteiger partial charge is 0.180 e. The molecule has 0 amide bonds. The normalized spacial score (nSPS) is 10.4. The van der Waals surface area contributed by atoms with E-state index < -0.39 is 0 Å². The Morgan fingerprint density at radius 3 is 2.45 bits per heavy atom. The molecule has 0 unspecified atom stereocenters. The zero-order valence-corrected chi connectivity index (χ0v) is 14.1. The molecule has 5 nitrogen and oxygen atoms in total. The maximum absolute atomic E-state index is 6.34. The van der Waals surface area contributed by atoms with E-state index in [1.807, 2.05) is 6.92 Å². The Labute approximate surface area is 135 Å². The van der Waals surface area contributed by atoms with Crippen LogP contribution in [0.1, 0.15) is 5.69 Å². The van der Waals surface area contributed by atoms with Gasteiger partial charge in [0.05, 0.1) is 28.5 Å². The molecule has 2 rings (SSSR count). The molecule has 2 N–H and O–H groups in total. The van der Waals surface area contributed by atoms with Crippen LogP contribution in [0.15, 0.2) is 12.1 Å². The van der Waals surface area contributed by atoms with Gasteiger partial charge >= 0.3 is 0 Å². The van der Waals surface area contributed by atoms with Crippen LogP contribution in [0.3, 0.4) is 0 Å². The molecule has 1 aromatic heterocycles. The third-order valence-corrected chi connectivity index (χ3v) is 4.48. The summed E-state index contributed by atoms with van der Waals surface area (Å²) in [4.78, 5) is 8.69. The summed E-state index contributed by atoms with van der Waals surface area (Å²) in [5.41, 5.74) is 7.33. The zero-order valence-electron chi connectivity index (χ0n) is 11.2. The molecule has 0 saturated heterocycles. The van der Waals surface area contributed by atoms with E-state index in [1.165, 1.54) is 7.11 Å². The first kappa shape index (κ1) is 15.1. The number of nitrogen functional groups attached to an aromatic ring is 1. The number of nitrogens with zero attached hydrogens (tertiary/aromatic N) is 2. The maximum Gasteiger partial charge on any atom is 0.180 e. The number of aryl methyl sites for hydroxylation is 1. The number of rotatable bonds is 3. The van der Waals surface area contributed by atoms with Crippen LogP contribution in [-0.2, 0) is 0 Å². The Kier molecular flexibility index (Phi) is 4.54. The van der Waals surface area contributed by atoms with Crippen LogP contribution < -0.4 is 15.2 Å². The van der Waals surface area contributed by atoms with Gasteiger partial charge in [0.25, 0.3) is 0 Å². The summed E-state index contributed by atoms with van der Waals surface area (Å²) in [5, 5.41) is 0.395. The van der Waals surface area contributed by atoms with Gasteiger partial charge in [-0.15, -0.1) is 0 Å². The topological polar surface area (TPSA) is 70.3 Å². The second-order valence-electron chi connectivity index (χ2n) is 3.99. The standard InChI is InChI=1S/C13H13ClIN3O2/c1-6-10(15)12(16)18-13(17-6)7-4-5-8(19-2)11(20-3)9(7)14/h4-5H,1-3H3,(H2,16,17,18). The summed E-state index contributed by atoms with van der Waals surface area (Å²) in [6.07, 6.45) is 0. The van der Waals surface area contributed by atoms with E-state index in [1.54, 1.807) is 19.2 Å². The summed E-state index contributed by atoms with van der Waals surface area (Å²) < 4.78 is 11.3. The largest absolute Gasteiger partial charge is 0.493 e. The van der Waals surface area contributed by atoms with Crippen LogP contribution in [0.2, 0.25) is 5.02 Å². The van der Waals surface area contributed by atoms with E-state index in [2.05, 4.69) is 32.6 Å². The van der Waals surface area contributed by atoms with E-state index in [-0.39, 0.29) is 0 Å². The summed E-state index contributed by atoms with van der Waals surface area (Å²) in [5.74, 6) is 1.90. The van der Waals surface area contributed by atoms with Crippen LogP contribution in [0.4, 0.5) is 5.82 Å². The minimum atomic E-state index is 0.395. The van der Waals surface area contributed by atoms with Crippen molar-refractivity contribution in [3.63, 3.8) is 0 Å². The molecule has 1 aromatic carbocycles. The molecule has 0 atom stereocenters. The van der Waals surface area contributed by atoms with Crippen LogP contribution in [0.5, 0.6) is 11.5 Å². The minimum Gasteiger partial charge on any atom is -0.493 e. The Hall–Kier alpha value is -1.28. The lowest BCUT2D eigenvalue weighted by atomic mass is 10.1. The first-order valence-corrected chi connectivity index (χ1v) is 7.15. The number of anilines is 1. The molecular formula is C13H13ClIN3O2. The molecule has 0 saturated carbocycles. The second-order valence-corrected chi connectivity index (χ2v) is 5.45. The minimum absolute atomic E-state index is 0.395. The fourth-order valence-corrected chi connectivity index (χ4v) is 2.32. The SMILES string of the molecule is COc1ccc(-c2nc(C)c(I)c(N)n2)c(Cl)c1OC.